The van der Waals surface area contributed by atoms with E-state index >= 15 is 0 Å². The average molecular weight is 399 g/mol. The minimum Gasteiger partial charge on any atom is -0.372 e. The van der Waals surface area contributed by atoms with Gasteiger partial charge >= 0.3 is 0 Å². The second-order valence-electron chi connectivity index (χ2n) is 7.84. The molecule has 5 rings (SSSR count). The fourth-order valence-electron chi connectivity index (χ4n) is 4.08. The van der Waals surface area contributed by atoms with Gasteiger partial charge in [0.15, 0.2) is 6.23 Å². The fraction of sp³-hybridized carbons (Fsp3) is 0.250. The van der Waals surface area contributed by atoms with Crippen molar-refractivity contribution in [2.45, 2.75) is 18.7 Å². The van der Waals surface area contributed by atoms with Gasteiger partial charge in [0.1, 0.15) is 5.65 Å². The molecule has 4 heterocycles. The van der Waals surface area contributed by atoms with Gasteiger partial charge in [0.25, 0.3) is 0 Å². The number of H-pyrrole nitrogens is 1. The summed E-state index contributed by atoms with van der Waals surface area (Å²) in [5, 5.41) is 15.2. The van der Waals surface area contributed by atoms with Crippen molar-refractivity contribution in [1.82, 2.24) is 25.2 Å². The Bertz CT molecular complexity index is 1150. The van der Waals surface area contributed by atoms with Crippen molar-refractivity contribution in [3.05, 3.63) is 72.6 Å². The number of nitrogens with zero attached hydrogens (tertiary/aromatic N) is 3. The fourth-order valence-corrected chi connectivity index (χ4v) is 4.08. The topological polar surface area (TPSA) is 77.1 Å². The maximum atomic E-state index is 10.8. The van der Waals surface area contributed by atoms with Crippen LogP contribution in [-0.4, -0.2) is 51.1 Å². The first-order valence-electron chi connectivity index (χ1n) is 10.3. The van der Waals surface area contributed by atoms with Gasteiger partial charge in [0, 0.05) is 35.4 Å². The van der Waals surface area contributed by atoms with E-state index in [2.05, 4.69) is 39.6 Å². The van der Waals surface area contributed by atoms with Crippen LogP contribution in [0.25, 0.3) is 33.5 Å². The molecular formula is C24H25N5O. The van der Waals surface area contributed by atoms with Crippen LogP contribution in [0.3, 0.4) is 0 Å². The quantitative estimate of drug-likeness (QED) is 0.447. The molecule has 1 aromatic carbocycles. The van der Waals surface area contributed by atoms with Crippen LogP contribution in [-0.2, 0) is 0 Å². The minimum absolute atomic E-state index is 0.319. The predicted octanol–water partition coefficient (Wildman–Crippen LogP) is 3.58. The zero-order valence-electron chi connectivity index (χ0n) is 16.9. The van der Waals surface area contributed by atoms with Crippen molar-refractivity contribution < 1.29 is 5.11 Å². The van der Waals surface area contributed by atoms with Gasteiger partial charge in [0.05, 0.1) is 11.4 Å². The molecule has 1 aliphatic rings. The van der Waals surface area contributed by atoms with Gasteiger partial charge in [-0.15, -0.1) is 0 Å². The molecule has 0 spiro atoms. The normalized spacial score (nSPS) is 17.6. The van der Waals surface area contributed by atoms with Crippen LogP contribution in [0.2, 0.25) is 0 Å². The molecule has 3 aromatic heterocycles. The highest BCUT2D eigenvalue weighted by Crippen LogP contribution is 2.27. The molecule has 0 radical (unpaired) electrons. The monoisotopic (exact) mass is 399 g/mol. The summed E-state index contributed by atoms with van der Waals surface area (Å²) in [6.45, 7) is 1.88. The molecule has 0 bridgehead atoms. The van der Waals surface area contributed by atoms with Gasteiger partial charge in [-0.25, -0.2) is 9.97 Å². The Hall–Kier alpha value is -3.06. The maximum absolute atomic E-state index is 10.8. The Morgan fingerprint density at radius 1 is 1.07 bits per heavy atom. The standard InChI is InChI=1S/C24H25N5O/c1-29(19-10-11-25-15-19)24(30)21-9-5-8-20(27-21)18-12-17-13-22(28-23(17)26-14-18)16-6-3-2-4-7-16/h2-9,12-14,19,24-25,30H,10-11,15H2,1H3,(H,26,28). The molecule has 2 unspecified atom stereocenters. The van der Waals surface area contributed by atoms with Crippen molar-refractivity contribution in [2.75, 3.05) is 20.1 Å². The van der Waals surface area contributed by atoms with Crippen molar-refractivity contribution in [1.29, 1.82) is 0 Å². The molecular weight excluding hydrogens is 374 g/mol. The van der Waals surface area contributed by atoms with Crippen LogP contribution in [0.5, 0.6) is 0 Å². The number of benzene rings is 1. The molecule has 6 nitrogen and oxygen atoms in total. The summed E-state index contributed by atoms with van der Waals surface area (Å²) in [5.74, 6) is 0. The molecule has 1 saturated heterocycles. The first-order chi connectivity index (χ1) is 14.7. The number of aliphatic hydroxyl groups is 1. The van der Waals surface area contributed by atoms with E-state index in [4.69, 9.17) is 4.98 Å². The SMILES string of the molecule is CN(C1CCNC1)C(O)c1cccc(-c2cnc3[nH]c(-c4ccccc4)cc3c2)n1. The van der Waals surface area contributed by atoms with Crippen molar-refractivity contribution >= 4 is 11.0 Å². The van der Waals surface area contributed by atoms with E-state index in [1.807, 2.05) is 54.5 Å². The van der Waals surface area contributed by atoms with E-state index in [0.717, 1.165) is 53.1 Å². The molecule has 1 aliphatic heterocycles. The first kappa shape index (κ1) is 18.9. The summed E-state index contributed by atoms with van der Waals surface area (Å²) in [6, 6.07) is 20.5. The number of aliphatic hydroxyl groups excluding tert-OH is 1. The van der Waals surface area contributed by atoms with Gasteiger partial charge in [-0.3, -0.25) is 4.90 Å². The Labute approximate surface area is 175 Å². The van der Waals surface area contributed by atoms with E-state index in [1.165, 1.54) is 0 Å². The molecule has 0 amide bonds. The number of aromatic amines is 1. The van der Waals surface area contributed by atoms with Crippen molar-refractivity contribution in [3.63, 3.8) is 0 Å². The third kappa shape index (κ3) is 3.61. The highest BCUT2D eigenvalue weighted by Gasteiger charge is 2.26. The summed E-state index contributed by atoms with van der Waals surface area (Å²) in [6.07, 6.45) is 2.13. The van der Waals surface area contributed by atoms with Crippen LogP contribution in [0, 0.1) is 0 Å². The Balaban J connectivity index is 1.44. The van der Waals surface area contributed by atoms with E-state index in [0.29, 0.717) is 11.7 Å². The first-order valence-corrected chi connectivity index (χ1v) is 10.3. The Kier molecular flexibility index (Phi) is 5.04. The van der Waals surface area contributed by atoms with E-state index in [1.54, 1.807) is 0 Å². The summed E-state index contributed by atoms with van der Waals surface area (Å²) >= 11 is 0. The van der Waals surface area contributed by atoms with Gasteiger partial charge in [-0.05, 0) is 49.8 Å². The lowest BCUT2D eigenvalue weighted by Gasteiger charge is -2.28. The number of fused-ring (bicyclic) bond motifs is 1. The van der Waals surface area contributed by atoms with Crippen LogP contribution in [0.4, 0.5) is 0 Å². The molecule has 6 heteroatoms. The number of aromatic nitrogens is 3. The lowest BCUT2D eigenvalue weighted by atomic mass is 10.1. The number of nitrogens with one attached hydrogen (secondary N) is 2. The third-order valence-electron chi connectivity index (χ3n) is 5.88. The van der Waals surface area contributed by atoms with Crippen molar-refractivity contribution in [2.24, 2.45) is 0 Å². The van der Waals surface area contributed by atoms with E-state index in [-0.39, 0.29) is 0 Å². The predicted molar refractivity (Wildman–Crippen MR) is 119 cm³/mol. The largest absolute Gasteiger partial charge is 0.372 e. The average Bonchev–Trinajstić information content (AvgIpc) is 3.48. The van der Waals surface area contributed by atoms with Gasteiger partial charge < -0.3 is 15.4 Å². The minimum atomic E-state index is -0.733. The summed E-state index contributed by atoms with van der Waals surface area (Å²) in [5.41, 5.74) is 5.41. The van der Waals surface area contributed by atoms with Crippen LogP contribution in [0.15, 0.2) is 66.9 Å². The number of hydrogen-bond acceptors (Lipinski definition) is 5. The maximum Gasteiger partial charge on any atom is 0.150 e. The van der Waals surface area contributed by atoms with Crippen molar-refractivity contribution in [3.8, 4) is 22.5 Å². The number of likely N-dealkylation sites (N-methyl/N-ethyl adjacent to an activating group) is 1. The number of pyridine rings is 2. The van der Waals surface area contributed by atoms with Gasteiger partial charge in [-0.1, -0.05) is 36.4 Å². The lowest BCUT2D eigenvalue weighted by Crippen LogP contribution is -2.36. The Morgan fingerprint density at radius 2 is 1.93 bits per heavy atom. The highest BCUT2D eigenvalue weighted by molar-refractivity contribution is 5.86. The summed E-state index contributed by atoms with van der Waals surface area (Å²) in [7, 11) is 1.95. The molecule has 0 aliphatic carbocycles. The smallest absolute Gasteiger partial charge is 0.150 e. The van der Waals surface area contributed by atoms with E-state index < -0.39 is 6.23 Å². The van der Waals surface area contributed by atoms with Gasteiger partial charge in [-0.2, -0.15) is 0 Å². The molecule has 152 valence electrons. The zero-order valence-corrected chi connectivity index (χ0v) is 16.9. The summed E-state index contributed by atoms with van der Waals surface area (Å²) in [4.78, 5) is 14.7. The molecule has 4 aromatic rings. The number of rotatable bonds is 5. The van der Waals surface area contributed by atoms with Crippen LogP contribution >= 0.6 is 0 Å². The molecule has 30 heavy (non-hydrogen) atoms. The zero-order chi connectivity index (χ0) is 20.5. The Morgan fingerprint density at radius 3 is 2.73 bits per heavy atom. The second kappa shape index (κ2) is 7.99. The number of hydrogen-bond donors (Lipinski definition) is 3. The van der Waals surface area contributed by atoms with E-state index in [9.17, 15) is 5.11 Å². The molecule has 2 atom stereocenters. The van der Waals surface area contributed by atoms with Gasteiger partial charge in [0.2, 0.25) is 0 Å². The third-order valence-corrected chi connectivity index (χ3v) is 5.88. The summed E-state index contributed by atoms with van der Waals surface area (Å²) < 4.78 is 0. The molecule has 1 fully saturated rings. The highest BCUT2D eigenvalue weighted by atomic mass is 16.3. The lowest BCUT2D eigenvalue weighted by molar-refractivity contribution is -0.00624. The van der Waals surface area contributed by atoms with Crippen LogP contribution in [0.1, 0.15) is 18.3 Å². The molecule has 0 saturated carbocycles. The molecule has 3 N–H and O–H groups in total. The van der Waals surface area contributed by atoms with Crippen LogP contribution < -0.4 is 5.32 Å². The second-order valence-corrected chi connectivity index (χ2v) is 7.84.